The van der Waals surface area contributed by atoms with Crippen molar-refractivity contribution >= 4 is 10.0 Å². The van der Waals surface area contributed by atoms with E-state index >= 15 is 0 Å². The maximum atomic E-state index is 12.7. The fraction of sp³-hybridized carbons (Fsp3) is 0.400. The van der Waals surface area contributed by atoms with E-state index in [1.807, 2.05) is 0 Å². The number of rotatable bonds is 2. The molecule has 0 aliphatic rings. The van der Waals surface area contributed by atoms with E-state index in [9.17, 15) is 21.6 Å². The van der Waals surface area contributed by atoms with E-state index in [0.717, 1.165) is 38.1 Å². The van der Waals surface area contributed by atoms with Gasteiger partial charge in [-0.05, 0) is 31.5 Å². The Bertz CT molecular complexity index is 503. The molecule has 1 rings (SSSR count). The van der Waals surface area contributed by atoms with E-state index in [4.69, 9.17) is 5.14 Å². The smallest absolute Gasteiger partial charge is 0.225 e. The van der Waals surface area contributed by atoms with Crippen LogP contribution in [0.2, 0.25) is 0 Å². The number of benzene rings is 1. The number of halogens is 3. The molecule has 96 valence electrons. The van der Waals surface area contributed by atoms with Crippen LogP contribution < -0.4 is 5.14 Å². The quantitative estimate of drug-likeness (QED) is 0.892. The number of hydrogen-bond donors (Lipinski definition) is 1. The monoisotopic (exact) mass is 267 g/mol. The normalized spacial score (nSPS) is 13.8. The van der Waals surface area contributed by atoms with E-state index in [1.165, 1.54) is 0 Å². The fourth-order valence-corrected chi connectivity index (χ4v) is 1.74. The third kappa shape index (κ3) is 2.78. The summed E-state index contributed by atoms with van der Waals surface area (Å²) in [6.45, 7) is 2.05. The van der Waals surface area contributed by atoms with Gasteiger partial charge >= 0.3 is 6.18 Å². The zero-order valence-corrected chi connectivity index (χ0v) is 10.1. The van der Waals surface area contributed by atoms with Gasteiger partial charge in [0.25, 0.3) is 0 Å². The number of hydrogen-bond acceptors (Lipinski definition) is 2. The van der Waals surface area contributed by atoms with Gasteiger partial charge in [-0.15, -0.1) is 0 Å². The van der Waals surface area contributed by atoms with Gasteiger partial charge in [0, 0.05) is 0 Å². The van der Waals surface area contributed by atoms with Crippen LogP contribution in [0.1, 0.15) is 19.4 Å². The van der Waals surface area contributed by atoms with Crippen LogP contribution in [0.15, 0.2) is 29.2 Å². The molecule has 17 heavy (non-hydrogen) atoms. The highest BCUT2D eigenvalue weighted by atomic mass is 32.2. The van der Waals surface area contributed by atoms with Crippen molar-refractivity contribution in [1.82, 2.24) is 0 Å². The summed E-state index contributed by atoms with van der Waals surface area (Å²) in [5.74, 6) is 0. The fourth-order valence-electron chi connectivity index (χ4n) is 1.22. The molecule has 0 saturated carbocycles. The molecule has 1 aromatic carbocycles. The second-order valence-electron chi connectivity index (χ2n) is 4.19. The molecule has 0 fully saturated rings. The predicted molar refractivity (Wildman–Crippen MR) is 56.9 cm³/mol. The lowest BCUT2D eigenvalue weighted by Gasteiger charge is -2.28. The van der Waals surface area contributed by atoms with Crippen molar-refractivity contribution in [2.75, 3.05) is 0 Å². The third-order valence-electron chi connectivity index (χ3n) is 2.61. The highest BCUT2D eigenvalue weighted by molar-refractivity contribution is 7.89. The van der Waals surface area contributed by atoms with Crippen molar-refractivity contribution in [2.45, 2.75) is 30.3 Å². The molecule has 0 spiro atoms. The average molecular weight is 267 g/mol. The van der Waals surface area contributed by atoms with Crippen LogP contribution in [0.3, 0.4) is 0 Å². The maximum absolute atomic E-state index is 12.7. The number of alkyl halides is 3. The van der Waals surface area contributed by atoms with E-state index in [0.29, 0.717) is 0 Å². The lowest BCUT2D eigenvalue weighted by atomic mass is 9.84. The summed E-state index contributed by atoms with van der Waals surface area (Å²) >= 11 is 0. The van der Waals surface area contributed by atoms with Gasteiger partial charge in [-0.25, -0.2) is 13.6 Å². The Morgan fingerprint density at radius 3 is 1.76 bits per heavy atom. The lowest BCUT2D eigenvalue weighted by Crippen LogP contribution is -2.36. The molecule has 0 unspecified atom stereocenters. The first-order valence-electron chi connectivity index (χ1n) is 4.66. The molecule has 0 bridgehead atoms. The van der Waals surface area contributed by atoms with Gasteiger partial charge < -0.3 is 0 Å². The number of primary sulfonamides is 1. The molecule has 0 aliphatic carbocycles. The SMILES string of the molecule is CC(C)(c1ccc(S(N)(=O)=O)cc1)C(F)(F)F. The van der Waals surface area contributed by atoms with Gasteiger partial charge in [-0.2, -0.15) is 13.2 Å². The van der Waals surface area contributed by atoms with Crippen LogP contribution in [0, 0.1) is 0 Å². The highest BCUT2D eigenvalue weighted by Crippen LogP contribution is 2.40. The van der Waals surface area contributed by atoms with Crippen molar-refractivity contribution in [3.8, 4) is 0 Å². The summed E-state index contributed by atoms with van der Waals surface area (Å²) in [6.07, 6.45) is -4.41. The first-order valence-corrected chi connectivity index (χ1v) is 6.21. The predicted octanol–water partition coefficient (Wildman–Crippen LogP) is 2.17. The van der Waals surface area contributed by atoms with Gasteiger partial charge in [0.15, 0.2) is 0 Å². The van der Waals surface area contributed by atoms with Crippen LogP contribution >= 0.6 is 0 Å². The average Bonchev–Trinajstić information content (AvgIpc) is 2.15. The molecule has 3 nitrogen and oxygen atoms in total. The summed E-state index contributed by atoms with van der Waals surface area (Å²) in [7, 11) is -3.88. The lowest BCUT2D eigenvalue weighted by molar-refractivity contribution is -0.180. The van der Waals surface area contributed by atoms with Gasteiger partial charge in [0.1, 0.15) is 0 Å². The minimum absolute atomic E-state index is 0.0163. The second kappa shape index (κ2) is 3.99. The minimum atomic E-state index is -4.41. The highest BCUT2D eigenvalue weighted by Gasteiger charge is 2.48. The Kier molecular flexibility index (Phi) is 3.28. The summed E-state index contributed by atoms with van der Waals surface area (Å²) in [4.78, 5) is -0.209. The third-order valence-corrected chi connectivity index (χ3v) is 3.54. The molecule has 0 atom stereocenters. The molecule has 0 aliphatic heterocycles. The topological polar surface area (TPSA) is 60.2 Å². The summed E-state index contributed by atoms with van der Waals surface area (Å²) < 4.78 is 60.0. The van der Waals surface area contributed by atoms with Crippen LogP contribution in [-0.4, -0.2) is 14.6 Å². The van der Waals surface area contributed by atoms with Crippen LogP contribution in [-0.2, 0) is 15.4 Å². The molecular weight excluding hydrogens is 255 g/mol. The first kappa shape index (κ1) is 14.0. The Morgan fingerprint density at radius 1 is 1.06 bits per heavy atom. The molecule has 7 heteroatoms. The van der Waals surface area contributed by atoms with Gasteiger partial charge in [-0.1, -0.05) is 12.1 Å². The Hall–Kier alpha value is -1.08. The Morgan fingerprint density at radius 2 is 1.47 bits per heavy atom. The van der Waals surface area contributed by atoms with Crippen molar-refractivity contribution in [1.29, 1.82) is 0 Å². The summed E-state index contributed by atoms with van der Waals surface area (Å²) in [5.41, 5.74) is -2.05. The Balaban J connectivity index is 3.21. The van der Waals surface area contributed by atoms with Gasteiger partial charge in [0.05, 0.1) is 10.3 Å². The molecule has 0 heterocycles. The first-order chi connectivity index (χ1) is 7.46. The van der Waals surface area contributed by atoms with E-state index in [1.54, 1.807) is 0 Å². The molecule has 0 aromatic heterocycles. The van der Waals surface area contributed by atoms with Crippen molar-refractivity contribution < 1.29 is 21.6 Å². The van der Waals surface area contributed by atoms with Crippen molar-refractivity contribution in [2.24, 2.45) is 5.14 Å². The van der Waals surface area contributed by atoms with Crippen LogP contribution in [0.25, 0.3) is 0 Å². The van der Waals surface area contributed by atoms with Gasteiger partial charge in [-0.3, -0.25) is 0 Å². The largest absolute Gasteiger partial charge is 0.397 e. The number of sulfonamides is 1. The van der Waals surface area contributed by atoms with Crippen LogP contribution in [0.5, 0.6) is 0 Å². The molecule has 0 radical (unpaired) electrons. The summed E-state index contributed by atoms with van der Waals surface area (Å²) in [5, 5.41) is 4.85. The maximum Gasteiger partial charge on any atom is 0.397 e. The second-order valence-corrected chi connectivity index (χ2v) is 5.75. The standard InChI is InChI=1S/C10H12F3NO2S/c1-9(2,10(11,12)13)7-3-5-8(6-4-7)17(14,15)16/h3-6H,1-2H3,(H2,14,15,16). The molecule has 2 N–H and O–H groups in total. The molecule has 0 amide bonds. The van der Waals surface area contributed by atoms with E-state index < -0.39 is 21.6 Å². The van der Waals surface area contributed by atoms with Gasteiger partial charge in [0.2, 0.25) is 10.0 Å². The van der Waals surface area contributed by atoms with E-state index in [-0.39, 0.29) is 10.5 Å². The van der Waals surface area contributed by atoms with Crippen molar-refractivity contribution in [3.63, 3.8) is 0 Å². The zero-order valence-electron chi connectivity index (χ0n) is 9.25. The van der Waals surface area contributed by atoms with E-state index in [2.05, 4.69) is 0 Å². The molecule has 0 saturated heterocycles. The molecule has 1 aromatic rings. The minimum Gasteiger partial charge on any atom is -0.225 e. The molecular formula is C10H12F3NO2S. The Labute approximate surface area is 97.5 Å². The number of nitrogens with two attached hydrogens (primary N) is 1. The zero-order chi connectivity index (χ0) is 13.5. The van der Waals surface area contributed by atoms with Crippen LogP contribution in [0.4, 0.5) is 13.2 Å². The summed E-state index contributed by atoms with van der Waals surface area (Å²) in [6, 6.07) is 4.37. The van der Waals surface area contributed by atoms with Crippen molar-refractivity contribution in [3.05, 3.63) is 29.8 Å².